The van der Waals surface area contributed by atoms with Crippen LogP contribution in [0.2, 0.25) is 0 Å². The smallest absolute Gasteiger partial charge is 0.404 e. The van der Waals surface area contributed by atoms with Crippen molar-refractivity contribution >= 4 is 7.82 Å². The van der Waals surface area contributed by atoms with E-state index in [2.05, 4.69) is 10.3 Å². The third-order valence-electron chi connectivity index (χ3n) is 1.93. The molecule has 0 radical (unpaired) electrons. The number of hydrogen-bond acceptors (Lipinski definition) is 4. The summed E-state index contributed by atoms with van der Waals surface area (Å²) in [5, 5.41) is 0. The molecule has 0 aliphatic heterocycles. The van der Waals surface area contributed by atoms with E-state index in [9.17, 15) is 9.46 Å². The van der Waals surface area contributed by atoms with Gasteiger partial charge in [0.25, 0.3) is 0 Å². The Balaban J connectivity index is 3.64. The molecule has 17 heavy (non-hydrogen) atoms. The second-order valence-corrected chi connectivity index (χ2v) is 4.91. The van der Waals surface area contributed by atoms with Gasteiger partial charge in [-0.25, -0.2) is 4.57 Å². The summed E-state index contributed by atoms with van der Waals surface area (Å²) in [4.78, 5) is 9.22. The molecule has 0 amide bonds. The topological polar surface area (TPSA) is 81.8 Å². The highest BCUT2D eigenvalue weighted by atomic mass is 31.2. The SMILES string of the molecule is CCC=C=COP(=O)(O)OCCCCCCN. The lowest BCUT2D eigenvalue weighted by atomic mass is 10.2. The van der Waals surface area contributed by atoms with E-state index in [0.717, 1.165) is 38.4 Å². The lowest BCUT2D eigenvalue weighted by molar-refractivity contribution is 0.184. The fourth-order valence-electron chi connectivity index (χ4n) is 1.07. The molecular weight excluding hydrogens is 241 g/mol. The first kappa shape index (κ1) is 16.4. The fourth-order valence-corrected chi connectivity index (χ4v) is 1.69. The maximum Gasteiger partial charge on any atom is 0.527 e. The van der Waals surface area contributed by atoms with Gasteiger partial charge in [-0.1, -0.05) is 25.5 Å². The Labute approximate surface area is 103 Å². The minimum Gasteiger partial charge on any atom is -0.404 e. The average Bonchev–Trinajstić information content (AvgIpc) is 2.29. The molecule has 0 bridgehead atoms. The van der Waals surface area contributed by atoms with Crippen LogP contribution in [0.5, 0.6) is 0 Å². The molecule has 0 aliphatic rings. The van der Waals surface area contributed by atoms with E-state index >= 15 is 0 Å². The minimum atomic E-state index is -3.95. The average molecular weight is 263 g/mol. The zero-order valence-corrected chi connectivity index (χ0v) is 11.2. The third-order valence-corrected chi connectivity index (χ3v) is 2.81. The first-order valence-electron chi connectivity index (χ1n) is 5.87. The Hall–Kier alpha value is -0.570. The van der Waals surface area contributed by atoms with Crippen molar-refractivity contribution in [2.75, 3.05) is 13.2 Å². The Morgan fingerprint density at radius 2 is 2.06 bits per heavy atom. The first-order chi connectivity index (χ1) is 8.12. The summed E-state index contributed by atoms with van der Waals surface area (Å²) in [6, 6.07) is 0. The number of phosphoric ester groups is 1. The molecule has 0 aliphatic carbocycles. The van der Waals surface area contributed by atoms with Crippen molar-refractivity contribution in [1.82, 2.24) is 0 Å². The first-order valence-corrected chi connectivity index (χ1v) is 7.37. The molecule has 3 N–H and O–H groups in total. The second-order valence-electron chi connectivity index (χ2n) is 3.51. The minimum absolute atomic E-state index is 0.212. The van der Waals surface area contributed by atoms with E-state index in [-0.39, 0.29) is 6.61 Å². The third kappa shape index (κ3) is 11.7. The predicted octanol–water partition coefficient (Wildman–Crippen LogP) is 2.72. The molecule has 0 aromatic heterocycles. The van der Waals surface area contributed by atoms with Crippen LogP contribution in [0.25, 0.3) is 0 Å². The van der Waals surface area contributed by atoms with Crippen molar-refractivity contribution in [2.24, 2.45) is 5.73 Å². The zero-order valence-electron chi connectivity index (χ0n) is 10.3. The summed E-state index contributed by atoms with van der Waals surface area (Å²) in [6.45, 7) is 2.82. The Morgan fingerprint density at radius 3 is 2.71 bits per heavy atom. The van der Waals surface area contributed by atoms with Gasteiger partial charge in [-0.05, 0) is 31.9 Å². The Morgan fingerprint density at radius 1 is 1.35 bits per heavy atom. The van der Waals surface area contributed by atoms with E-state index in [1.54, 1.807) is 6.08 Å². The zero-order chi connectivity index (χ0) is 13.0. The molecule has 100 valence electrons. The molecule has 0 rings (SSSR count). The van der Waals surface area contributed by atoms with Crippen LogP contribution in [-0.4, -0.2) is 18.0 Å². The van der Waals surface area contributed by atoms with Crippen molar-refractivity contribution in [3.8, 4) is 0 Å². The van der Waals surface area contributed by atoms with Crippen molar-refractivity contribution in [1.29, 1.82) is 0 Å². The molecule has 5 nitrogen and oxygen atoms in total. The molecule has 0 heterocycles. The van der Waals surface area contributed by atoms with E-state index in [1.807, 2.05) is 6.92 Å². The number of allylic oxidation sites excluding steroid dienone is 1. The van der Waals surface area contributed by atoms with Gasteiger partial charge < -0.3 is 10.3 Å². The van der Waals surface area contributed by atoms with Crippen molar-refractivity contribution < 1.29 is 18.5 Å². The van der Waals surface area contributed by atoms with Crippen LogP contribution < -0.4 is 5.73 Å². The number of phosphoric acid groups is 1. The molecule has 0 saturated carbocycles. The van der Waals surface area contributed by atoms with Gasteiger partial charge in [0.05, 0.1) is 6.61 Å². The van der Waals surface area contributed by atoms with Crippen LogP contribution in [0, 0.1) is 0 Å². The highest BCUT2D eigenvalue weighted by Gasteiger charge is 2.19. The molecule has 6 heteroatoms. The van der Waals surface area contributed by atoms with E-state index in [4.69, 9.17) is 10.3 Å². The summed E-state index contributed by atoms with van der Waals surface area (Å²) < 4.78 is 20.6. The van der Waals surface area contributed by atoms with Crippen LogP contribution in [0.15, 0.2) is 18.1 Å². The van der Waals surface area contributed by atoms with Crippen LogP contribution in [-0.2, 0) is 13.6 Å². The van der Waals surface area contributed by atoms with Crippen molar-refractivity contribution in [3.63, 3.8) is 0 Å². The summed E-state index contributed by atoms with van der Waals surface area (Å²) in [5.41, 5.74) is 7.95. The van der Waals surface area contributed by atoms with Crippen LogP contribution in [0.4, 0.5) is 0 Å². The number of hydrogen-bond donors (Lipinski definition) is 2. The quantitative estimate of drug-likeness (QED) is 0.274. The van der Waals surface area contributed by atoms with E-state index < -0.39 is 7.82 Å². The lowest BCUT2D eigenvalue weighted by Crippen LogP contribution is -1.99. The van der Waals surface area contributed by atoms with Crippen LogP contribution in [0.1, 0.15) is 39.0 Å². The van der Waals surface area contributed by atoms with Crippen molar-refractivity contribution in [2.45, 2.75) is 39.0 Å². The summed E-state index contributed by atoms with van der Waals surface area (Å²) in [6.07, 6.45) is 7.17. The largest absolute Gasteiger partial charge is 0.527 e. The monoisotopic (exact) mass is 263 g/mol. The van der Waals surface area contributed by atoms with Crippen molar-refractivity contribution in [3.05, 3.63) is 18.1 Å². The van der Waals surface area contributed by atoms with Gasteiger partial charge in [0.2, 0.25) is 0 Å². The normalized spacial score (nSPS) is 13.6. The summed E-state index contributed by atoms with van der Waals surface area (Å²) >= 11 is 0. The Kier molecular flexibility index (Phi) is 10.2. The number of nitrogens with two attached hydrogens (primary N) is 1. The van der Waals surface area contributed by atoms with Gasteiger partial charge in [0.1, 0.15) is 6.26 Å². The molecule has 1 atom stereocenters. The van der Waals surface area contributed by atoms with Gasteiger partial charge in [-0.3, -0.25) is 9.42 Å². The lowest BCUT2D eigenvalue weighted by Gasteiger charge is -2.09. The standard InChI is InChI=1S/C11H22NO4P/c1-2-3-7-10-15-17(13,14)16-11-8-5-4-6-9-12/h3,10H,2,4-6,8-9,11-12H2,1H3,(H,13,14). The summed E-state index contributed by atoms with van der Waals surface area (Å²) in [5.74, 6) is 0. The van der Waals surface area contributed by atoms with Gasteiger partial charge in [-0.2, -0.15) is 0 Å². The van der Waals surface area contributed by atoms with Gasteiger partial charge in [0.15, 0.2) is 0 Å². The number of unbranched alkanes of at least 4 members (excludes halogenated alkanes) is 3. The highest BCUT2D eigenvalue weighted by Crippen LogP contribution is 2.43. The van der Waals surface area contributed by atoms with Gasteiger partial charge >= 0.3 is 7.82 Å². The predicted molar refractivity (Wildman–Crippen MR) is 67.3 cm³/mol. The molecule has 0 spiro atoms. The van der Waals surface area contributed by atoms with Gasteiger partial charge in [-0.15, -0.1) is 0 Å². The molecule has 1 unspecified atom stereocenters. The molecule has 0 aromatic carbocycles. The maximum absolute atomic E-state index is 11.3. The van der Waals surface area contributed by atoms with Gasteiger partial charge in [0, 0.05) is 0 Å². The van der Waals surface area contributed by atoms with E-state index in [0.29, 0.717) is 6.54 Å². The maximum atomic E-state index is 11.3. The molecule has 0 fully saturated rings. The number of rotatable bonds is 10. The second kappa shape index (κ2) is 10.6. The molecule has 0 aromatic rings. The van der Waals surface area contributed by atoms with Crippen LogP contribution >= 0.6 is 7.82 Å². The summed E-state index contributed by atoms with van der Waals surface area (Å²) in [7, 11) is -3.95. The Bertz CT molecular complexity index is 287. The highest BCUT2D eigenvalue weighted by molar-refractivity contribution is 7.47. The molecular formula is C11H22NO4P. The van der Waals surface area contributed by atoms with Crippen LogP contribution in [0.3, 0.4) is 0 Å². The molecule has 0 saturated heterocycles. The fraction of sp³-hybridized carbons (Fsp3) is 0.727. The van der Waals surface area contributed by atoms with E-state index in [1.165, 1.54) is 0 Å².